The van der Waals surface area contributed by atoms with Crippen LogP contribution >= 0.6 is 11.3 Å². The van der Waals surface area contributed by atoms with Gasteiger partial charge in [-0.15, -0.1) is 11.3 Å². The summed E-state index contributed by atoms with van der Waals surface area (Å²) in [6, 6.07) is 15.7. The second kappa shape index (κ2) is 10.6. The first-order chi connectivity index (χ1) is 18.5. The van der Waals surface area contributed by atoms with Gasteiger partial charge in [-0.3, -0.25) is 0 Å². The van der Waals surface area contributed by atoms with Crippen molar-refractivity contribution in [2.24, 2.45) is 0 Å². The Kier molecular flexibility index (Phi) is 7.00. The fraction of sp³-hybridized carbons (Fsp3) is 0.370. The molecule has 2 fully saturated rings. The summed E-state index contributed by atoms with van der Waals surface area (Å²) in [6.07, 6.45) is 3.23. The van der Waals surface area contributed by atoms with E-state index in [1.54, 1.807) is 13.3 Å². The lowest BCUT2D eigenvalue weighted by atomic mass is 10.1. The number of hydrogen-bond acceptors (Lipinski definition) is 9. The summed E-state index contributed by atoms with van der Waals surface area (Å²) in [7, 11) is -3.71. The molecule has 0 saturated carbocycles. The average Bonchev–Trinajstić information content (AvgIpc) is 3.36. The molecule has 0 radical (unpaired) electrons. The molecule has 0 aliphatic carbocycles. The van der Waals surface area contributed by atoms with Gasteiger partial charge in [0.05, 0.1) is 24.4 Å². The second-order valence-corrected chi connectivity index (χ2v) is 12.6. The number of thiazole rings is 1. The van der Waals surface area contributed by atoms with Crippen LogP contribution in [0.3, 0.4) is 0 Å². The number of benzene rings is 2. The number of ether oxygens (including phenoxy) is 1. The van der Waals surface area contributed by atoms with Crippen molar-refractivity contribution in [2.45, 2.75) is 30.0 Å². The number of nitrogens with one attached hydrogen (secondary N) is 1. The number of hydrogen-bond donors (Lipinski definition) is 1. The minimum absolute atomic E-state index is 0.229. The summed E-state index contributed by atoms with van der Waals surface area (Å²) < 4.78 is 35.5. The number of rotatable bonds is 6. The van der Waals surface area contributed by atoms with Gasteiger partial charge in [0, 0.05) is 48.9 Å². The quantitative estimate of drug-likeness (QED) is 0.387. The third-order valence-electron chi connectivity index (χ3n) is 7.04. The van der Waals surface area contributed by atoms with Crippen LogP contribution in [0.25, 0.3) is 21.5 Å². The number of sulfonamides is 1. The fourth-order valence-corrected chi connectivity index (χ4v) is 7.97. The van der Waals surface area contributed by atoms with E-state index in [-0.39, 0.29) is 10.3 Å². The van der Waals surface area contributed by atoms with E-state index in [4.69, 9.17) is 4.74 Å². The van der Waals surface area contributed by atoms with Crippen LogP contribution in [0.1, 0.15) is 18.5 Å². The van der Waals surface area contributed by atoms with Crippen molar-refractivity contribution in [1.29, 1.82) is 0 Å². The molecule has 0 bridgehead atoms. The molecule has 1 N–H and O–H groups in total. The smallest absolute Gasteiger partial charge is 0.252 e. The number of morpholine rings is 1. The minimum Gasteiger partial charge on any atom is -0.378 e. The first-order valence-corrected chi connectivity index (χ1v) is 15.2. The van der Waals surface area contributed by atoms with Crippen LogP contribution < -0.4 is 14.5 Å². The van der Waals surface area contributed by atoms with E-state index in [9.17, 15) is 8.42 Å². The van der Waals surface area contributed by atoms with Gasteiger partial charge in [-0.1, -0.05) is 30.3 Å². The predicted octanol–water partition coefficient (Wildman–Crippen LogP) is 3.85. The Morgan fingerprint density at radius 1 is 1.03 bits per heavy atom. The van der Waals surface area contributed by atoms with E-state index in [1.165, 1.54) is 11.3 Å². The van der Waals surface area contributed by atoms with E-state index in [2.05, 4.69) is 47.7 Å². The van der Waals surface area contributed by atoms with Crippen molar-refractivity contribution in [3.8, 4) is 10.6 Å². The molecule has 9 nitrogen and oxygen atoms in total. The molecule has 1 atom stereocenters. The van der Waals surface area contributed by atoms with Crippen LogP contribution in [-0.4, -0.2) is 68.8 Å². The van der Waals surface area contributed by atoms with Gasteiger partial charge >= 0.3 is 0 Å². The van der Waals surface area contributed by atoms with E-state index < -0.39 is 10.0 Å². The lowest BCUT2D eigenvalue weighted by Crippen LogP contribution is -2.48. The highest BCUT2D eigenvalue weighted by Crippen LogP contribution is 2.32. The molecule has 2 saturated heterocycles. The Bertz CT molecular complexity index is 1540. The molecule has 11 heteroatoms. The molecular weight excluding hydrogens is 520 g/mol. The van der Waals surface area contributed by atoms with Crippen molar-refractivity contribution in [2.75, 3.05) is 49.2 Å². The molecule has 4 heterocycles. The van der Waals surface area contributed by atoms with Gasteiger partial charge in [0.15, 0.2) is 4.21 Å². The zero-order chi connectivity index (χ0) is 26.1. The Morgan fingerprint density at radius 2 is 1.84 bits per heavy atom. The van der Waals surface area contributed by atoms with Gasteiger partial charge in [0.1, 0.15) is 17.2 Å². The summed E-state index contributed by atoms with van der Waals surface area (Å²) in [5, 5.41) is 1.68. The third-order valence-corrected chi connectivity index (χ3v) is 10.4. The van der Waals surface area contributed by atoms with Gasteiger partial charge < -0.3 is 14.5 Å². The largest absolute Gasteiger partial charge is 0.378 e. The van der Waals surface area contributed by atoms with E-state index in [0.717, 1.165) is 73.7 Å². The molecule has 2 aliphatic rings. The number of anilines is 2. The molecule has 2 aromatic carbocycles. The summed E-state index contributed by atoms with van der Waals surface area (Å²) in [5.74, 6) is 0.841. The zero-order valence-electron chi connectivity index (χ0n) is 21.2. The SMILES string of the molecule is Cc1nc(-c2ccccc2)sc1S(=O)(=O)NC1CCCN(c2ncnc3cc(N4CCOCC4)ccc23)C1. The Hall–Kier alpha value is -3.12. The molecule has 0 spiro atoms. The van der Waals surface area contributed by atoms with Gasteiger partial charge in [0.25, 0.3) is 10.0 Å². The monoisotopic (exact) mass is 550 g/mol. The summed E-state index contributed by atoms with van der Waals surface area (Å²) in [5.41, 5.74) is 3.45. The van der Waals surface area contributed by atoms with Gasteiger partial charge in [-0.2, -0.15) is 0 Å². The van der Waals surface area contributed by atoms with Gasteiger partial charge in [0.2, 0.25) is 0 Å². The highest BCUT2D eigenvalue weighted by Gasteiger charge is 2.29. The van der Waals surface area contributed by atoms with Gasteiger partial charge in [-0.25, -0.2) is 28.1 Å². The normalized spacial score (nSPS) is 18.7. The predicted molar refractivity (Wildman–Crippen MR) is 150 cm³/mol. The number of nitrogens with zero attached hydrogens (tertiary/aromatic N) is 5. The van der Waals surface area contributed by atoms with Crippen molar-refractivity contribution < 1.29 is 13.2 Å². The fourth-order valence-electron chi connectivity index (χ4n) is 5.18. The van der Waals surface area contributed by atoms with Crippen molar-refractivity contribution in [3.63, 3.8) is 0 Å². The standard InChI is InChI=1S/C27H30N6O3S2/c1-19-27(37-26(30-19)20-6-3-2-4-7-20)38(34,35)31-21-8-5-11-33(17-21)25-23-10-9-22(16-24(23)28-18-29-25)32-12-14-36-15-13-32/h2-4,6-7,9-10,16,18,21,31H,5,8,11-15,17H2,1H3. The molecule has 6 rings (SSSR count). The van der Waals surface area contributed by atoms with Crippen LogP contribution in [-0.2, 0) is 14.8 Å². The maximum Gasteiger partial charge on any atom is 0.252 e. The van der Waals surface area contributed by atoms with E-state index in [1.807, 2.05) is 30.3 Å². The van der Waals surface area contributed by atoms with Crippen LogP contribution in [0.2, 0.25) is 0 Å². The highest BCUT2D eigenvalue weighted by atomic mass is 32.2. The van der Waals surface area contributed by atoms with Crippen molar-refractivity contribution in [3.05, 3.63) is 60.6 Å². The number of piperidine rings is 1. The molecule has 198 valence electrons. The van der Waals surface area contributed by atoms with Crippen LogP contribution in [0, 0.1) is 6.92 Å². The maximum atomic E-state index is 13.4. The van der Waals surface area contributed by atoms with Crippen LogP contribution in [0.5, 0.6) is 0 Å². The number of fused-ring (bicyclic) bond motifs is 1. The molecule has 4 aromatic rings. The van der Waals surface area contributed by atoms with Crippen LogP contribution in [0.15, 0.2) is 59.1 Å². The zero-order valence-corrected chi connectivity index (χ0v) is 22.8. The number of aryl methyl sites for hydroxylation is 1. The topological polar surface area (TPSA) is 101 Å². The Balaban J connectivity index is 1.21. The molecule has 38 heavy (non-hydrogen) atoms. The maximum absolute atomic E-state index is 13.4. The molecule has 2 aromatic heterocycles. The highest BCUT2D eigenvalue weighted by molar-refractivity contribution is 7.91. The van der Waals surface area contributed by atoms with Crippen molar-refractivity contribution >= 4 is 43.8 Å². The summed E-state index contributed by atoms with van der Waals surface area (Å²) in [6.45, 7) is 6.29. The molecular formula is C27H30N6O3S2. The molecule has 1 unspecified atom stereocenters. The summed E-state index contributed by atoms with van der Waals surface area (Å²) >= 11 is 1.21. The van der Waals surface area contributed by atoms with Crippen molar-refractivity contribution in [1.82, 2.24) is 19.7 Å². The Labute approximate surface area is 226 Å². The lowest BCUT2D eigenvalue weighted by molar-refractivity contribution is 0.122. The average molecular weight is 551 g/mol. The van der Waals surface area contributed by atoms with E-state index >= 15 is 0 Å². The summed E-state index contributed by atoms with van der Waals surface area (Å²) in [4.78, 5) is 18.2. The third kappa shape index (κ3) is 5.11. The first-order valence-electron chi connectivity index (χ1n) is 12.9. The van der Waals surface area contributed by atoms with E-state index in [0.29, 0.717) is 17.2 Å². The van der Waals surface area contributed by atoms with Gasteiger partial charge in [-0.05, 0) is 38.0 Å². The minimum atomic E-state index is -3.71. The Morgan fingerprint density at radius 3 is 2.66 bits per heavy atom. The number of aromatic nitrogens is 3. The molecule has 2 aliphatic heterocycles. The molecule has 0 amide bonds. The second-order valence-electron chi connectivity index (χ2n) is 9.66. The van der Waals surface area contributed by atoms with Crippen LogP contribution in [0.4, 0.5) is 11.5 Å². The first kappa shape index (κ1) is 25.2. The lowest BCUT2D eigenvalue weighted by Gasteiger charge is -2.34.